The molecule has 0 saturated carbocycles. The Balaban J connectivity index is 2.46. The Morgan fingerprint density at radius 3 is 2.70 bits per heavy atom. The zero-order valence-electron chi connectivity index (χ0n) is 11.1. The smallest absolute Gasteiger partial charge is 0.354 e. The first-order valence-electron chi connectivity index (χ1n) is 6.03. The molecule has 0 atom stereocenters. The normalized spacial score (nSPS) is 10.3. The summed E-state index contributed by atoms with van der Waals surface area (Å²) in [6.07, 6.45) is 0. The summed E-state index contributed by atoms with van der Waals surface area (Å²) in [6, 6.07) is 5.69. The highest BCUT2D eigenvalue weighted by Gasteiger charge is 2.12. The monoisotopic (exact) mass is 276 g/mol. The molecular weight excluding hydrogens is 263 g/mol. The second-order valence-electron chi connectivity index (χ2n) is 4.07. The van der Waals surface area contributed by atoms with Gasteiger partial charge >= 0.3 is 5.97 Å². The quantitative estimate of drug-likeness (QED) is 0.929. The fourth-order valence-corrected chi connectivity index (χ4v) is 1.76. The third-order valence-electron chi connectivity index (χ3n) is 2.58. The van der Waals surface area contributed by atoms with Crippen LogP contribution >= 0.6 is 0 Å². The van der Waals surface area contributed by atoms with Gasteiger partial charge in [0.15, 0.2) is 17.3 Å². The van der Waals surface area contributed by atoms with Gasteiger partial charge in [0.25, 0.3) is 0 Å². The summed E-state index contributed by atoms with van der Waals surface area (Å²) in [4.78, 5) is 18.9. The van der Waals surface area contributed by atoms with E-state index < -0.39 is 11.8 Å². The van der Waals surface area contributed by atoms with Crippen LogP contribution < -0.4 is 4.74 Å². The molecule has 0 aliphatic rings. The van der Waals surface area contributed by atoms with Gasteiger partial charge in [0, 0.05) is 5.56 Å². The van der Waals surface area contributed by atoms with Gasteiger partial charge in [-0.1, -0.05) is 0 Å². The Kier molecular flexibility index (Phi) is 3.93. The number of aromatic carboxylic acids is 1. The van der Waals surface area contributed by atoms with Crippen LogP contribution in [0.2, 0.25) is 0 Å². The third-order valence-corrected chi connectivity index (χ3v) is 2.58. The van der Waals surface area contributed by atoms with Gasteiger partial charge in [-0.25, -0.2) is 19.2 Å². The number of aryl methyl sites for hydroxylation is 1. The molecule has 6 heteroatoms. The number of hydrogen-bond donors (Lipinski definition) is 1. The Morgan fingerprint density at radius 1 is 1.35 bits per heavy atom. The van der Waals surface area contributed by atoms with Crippen molar-refractivity contribution in [3.05, 3.63) is 41.6 Å². The predicted molar refractivity (Wildman–Crippen MR) is 70.3 cm³/mol. The molecule has 1 aromatic carbocycles. The molecule has 1 aromatic heterocycles. The first kappa shape index (κ1) is 13.9. The number of benzene rings is 1. The van der Waals surface area contributed by atoms with E-state index in [4.69, 9.17) is 9.84 Å². The maximum atomic E-state index is 13.8. The SMILES string of the molecule is CCOc1ccc(-c2cc(C(=O)O)nc(C)n2)cc1F. The second kappa shape index (κ2) is 5.64. The minimum Gasteiger partial charge on any atom is -0.491 e. The van der Waals surface area contributed by atoms with E-state index in [2.05, 4.69) is 9.97 Å². The molecule has 20 heavy (non-hydrogen) atoms. The van der Waals surface area contributed by atoms with E-state index in [1.807, 2.05) is 0 Å². The Morgan fingerprint density at radius 2 is 2.10 bits per heavy atom. The van der Waals surface area contributed by atoms with Crippen molar-refractivity contribution in [2.75, 3.05) is 6.61 Å². The van der Waals surface area contributed by atoms with E-state index in [0.29, 0.717) is 23.7 Å². The summed E-state index contributed by atoms with van der Waals surface area (Å²) in [5.41, 5.74) is 0.706. The van der Waals surface area contributed by atoms with Gasteiger partial charge in [-0.2, -0.15) is 0 Å². The zero-order chi connectivity index (χ0) is 14.7. The molecule has 0 unspecified atom stereocenters. The van der Waals surface area contributed by atoms with Crippen molar-refractivity contribution in [3.8, 4) is 17.0 Å². The number of hydrogen-bond acceptors (Lipinski definition) is 4. The fourth-order valence-electron chi connectivity index (χ4n) is 1.76. The fraction of sp³-hybridized carbons (Fsp3) is 0.214. The van der Waals surface area contributed by atoms with Gasteiger partial charge in [-0.05, 0) is 38.1 Å². The van der Waals surface area contributed by atoms with Crippen LogP contribution in [0.5, 0.6) is 5.75 Å². The van der Waals surface area contributed by atoms with Crippen LogP contribution in [0.1, 0.15) is 23.2 Å². The first-order chi connectivity index (χ1) is 9.51. The molecule has 2 aromatic rings. The Hall–Kier alpha value is -2.50. The van der Waals surface area contributed by atoms with E-state index in [1.165, 1.54) is 18.2 Å². The van der Waals surface area contributed by atoms with Crippen LogP contribution in [0, 0.1) is 12.7 Å². The lowest BCUT2D eigenvalue weighted by Crippen LogP contribution is -2.04. The topological polar surface area (TPSA) is 72.3 Å². The highest BCUT2D eigenvalue weighted by Crippen LogP contribution is 2.25. The summed E-state index contributed by atoms with van der Waals surface area (Å²) in [5.74, 6) is -1.20. The molecule has 1 N–H and O–H groups in total. The van der Waals surface area contributed by atoms with Gasteiger partial charge in [0.05, 0.1) is 12.3 Å². The van der Waals surface area contributed by atoms with Crippen molar-refractivity contribution in [3.63, 3.8) is 0 Å². The van der Waals surface area contributed by atoms with E-state index >= 15 is 0 Å². The predicted octanol–water partition coefficient (Wildman–Crippen LogP) is 2.69. The second-order valence-corrected chi connectivity index (χ2v) is 4.07. The summed E-state index contributed by atoms with van der Waals surface area (Å²) in [6.45, 7) is 3.72. The minimum absolute atomic E-state index is 0.123. The maximum absolute atomic E-state index is 13.8. The largest absolute Gasteiger partial charge is 0.491 e. The van der Waals surface area contributed by atoms with Gasteiger partial charge < -0.3 is 9.84 Å². The number of halogens is 1. The van der Waals surface area contributed by atoms with Crippen LogP contribution in [0.3, 0.4) is 0 Å². The van der Waals surface area contributed by atoms with Gasteiger partial charge in [-0.3, -0.25) is 0 Å². The average Bonchev–Trinajstić information content (AvgIpc) is 2.40. The first-order valence-corrected chi connectivity index (χ1v) is 6.03. The number of ether oxygens (including phenoxy) is 1. The summed E-state index contributed by atoms with van der Waals surface area (Å²) < 4.78 is 18.9. The number of carboxylic acid groups (broad SMARTS) is 1. The molecule has 0 radical (unpaired) electrons. The van der Waals surface area contributed by atoms with Crippen LogP contribution in [0.4, 0.5) is 4.39 Å². The molecule has 0 fully saturated rings. The van der Waals surface area contributed by atoms with Gasteiger partial charge in [-0.15, -0.1) is 0 Å². The average molecular weight is 276 g/mol. The molecular formula is C14H13FN2O3. The number of nitrogens with zero attached hydrogens (tertiary/aromatic N) is 2. The zero-order valence-corrected chi connectivity index (χ0v) is 11.1. The number of carbonyl (C=O) groups is 1. The van der Waals surface area contributed by atoms with E-state index in [0.717, 1.165) is 0 Å². The van der Waals surface area contributed by atoms with Crippen LogP contribution in [-0.4, -0.2) is 27.7 Å². The lowest BCUT2D eigenvalue weighted by Gasteiger charge is -2.07. The molecule has 0 bridgehead atoms. The number of aromatic nitrogens is 2. The van der Waals surface area contributed by atoms with Crippen LogP contribution in [0.15, 0.2) is 24.3 Å². The molecule has 0 aliphatic carbocycles. The van der Waals surface area contributed by atoms with E-state index in [9.17, 15) is 9.18 Å². The molecule has 5 nitrogen and oxygen atoms in total. The Labute approximate surface area is 115 Å². The van der Waals surface area contributed by atoms with Crippen LogP contribution in [-0.2, 0) is 0 Å². The molecule has 0 amide bonds. The van der Waals surface area contributed by atoms with Gasteiger partial charge in [0.2, 0.25) is 0 Å². The Bertz CT molecular complexity index is 659. The standard InChI is InChI=1S/C14H13FN2O3/c1-3-20-13-5-4-9(6-10(13)15)11-7-12(14(18)19)17-8(2)16-11/h4-7H,3H2,1-2H3,(H,18,19). The van der Waals surface area contributed by atoms with Crippen molar-refractivity contribution in [2.24, 2.45) is 0 Å². The molecule has 0 saturated heterocycles. The summed E-state index contributed by atoms with van der Waals surface area (Å²) in [7, 11) is 0. The number of rotatable bonds is 4. The van der Waals surface area contributed by atoms with Crippen molar-refractivity contribution < 1.29 is 19.0 Å². The summed E-state index contributed by atoms with van der Waals surface area (Å²) >= 11 is 0. The molecule has 1 heterocycles. The molecule has 2 rings (SSSR count). The van der Waals surface area contributed by atoms with Crippen molar-refractivity contribution in [2.45, 2.75) is 13.8 Å². The van der Waals surface area contributed by atoms with Gasteiger partial charge in [0.1, 0.15) is 5.82 Å². The van der Waals surface area contributed by atoms with Crippen molar-refractivity contribution in [1.29, 1.82) is 0 Å². The van der Waals surface area contributed by atoms with E-state index in [-0.39, 0.29) is 11.4 Å². The third kappa shape index (κ3) is 2.90. The highest BCUT2D eigenvalue weighted by atomic mass is 19.1. The van der Waals surface area contributed by atoms with E-state index in [1.54, 1.807) is 19.9 Å². The van der Waals surface area contributed by atoms with Crippen LogP contribution in [0.25, 0.3) is 11.3 Å². The van der Waals surface area contributed by atoms with Crippen molar-refractivity contribution in [1.82, 2.24) is 9.97 Å². The molecule has 0 spiro atoms. The summed E-state index contributed by atoms with van der Waals surface area (Å²) in [5, 5.41) is 8.96. The molecule has 104 valence electrons. The van der Waals surface area contributed by atoms with Crippen molar-refractivity contribution >= 4 is 5.97 Å². The maximum Gasteiger partial charge on any atom is 0.354 e. The molecule has 0 aliphatic heterocycles. The lowest BCUT2D eigenvalue weighted by molar-refractivity contribution is 0.0690. The lowest BCUT2D eigenvalue weighted by atomic mass is 10.1. The number of carboxylic acids is 1. The minimum atomic E-state index is -1.15. The highest BCUT2D eigenvalue weighted by molar-refractivity contribution is 5.86.